The van der Waals surface area contributed by atoms with Gasteiger partial charge in [0, 0.05) is 12.8 Å². The Kier molecular flexibility index (Phi) is 60.7. The molecule has 0 fully saturated rings. The molecule has 0 aromatic rings. The van der Waals surface area contributed by atoms with Crippen LogP contribution in [0.1, 0.15) is 271 Å². The molecule has 0 aromatic carbocycles. The molecule has 2 atom stereocenters. The Labute approximate surface area is 517 Å². The van der Waals surface area contributed by atoms with Crippen LogP contribution in [0, 0.1) is 0 Å². The highest BCUT2D eigenvalue weighted by Gasteiger charge is 2.27. The van der Waals surface area contributed by atoms with Gasteiger partial charge in [0.05, 0.1) is 27.7 Å². The fourth-order valence-electron chi connectivity index (χ4n) is 9.05. The first-order chi connectivity index (χ1) is 41.0. The molecule has 480 valence electrons. The minimum absolute atomic E-state index is 0.0236. The molecule has 84 heavy (non-hydrogen) atoms. The predicted octanol–water partition coefficient (Wildman–Crippen LogP) is 22.0. The summed E-state index contributed by atoms with van der Waals surface area (Å²) in [4.78, 5) is 35.9. The molecule has 0 spiro atoms. The molecular weight excluding hydrogens is 1060 g/mol. The highest BCUT2D eigenvalue weighted by atomic mass is 31.2. The zero-order chi connectivity index (χ0) is 61.2. The van der Waals surface area contributed by atoms with Crippen LogP contribution >= 0.6 is 7.82 Å². The van der Waals surface area contributed by atoms with Crippen LogP contribution in [0.4, 0.5) is 0 Å². The number of ether oxygens (including phenoxy) is 2. The Hall–Kier alpha value is -3.85. The maximum absolute atomic E-state index is 12.9. The number of phosphoric acid groups is 1. The summed E-state index contributed by atoms with van der Waals surface area (Å²) in [5, 5.41) is 0. The van der Waals surface area contributed by atoms with Crippen molar-refractivity contribution in [2.75, 3.05) is 47.5 Å². The summed E-state index contributed by atoms with van der Waals surface area (Å²) in [5.41, 5.74) is 0. The van der Waals surface area contributed by atoms with Crippen molar-refractivity contribution in [3.63, 3.8) is 0 Å². The molecule has 0 radical (unpaired) electrons. The molecule has 0 bridgehead atoms. The number of nitrogens with zero attached hydrogens (tertiary/aromatic N) is 1. The number of hydrogen-bond acceptors (Lipinski definition) is 7. The van der Waals surface area contributed by atoms with Gasteiger partial charge in [-0.1, -0.05) is 282 Å². The van der Waals surface area contributed by atoms with Crippen molar-refractivity contribution in [2.45, 2.75) is 277 Å². The highest BCUT2D eigenvalue weighted by molar-refractivity contribution is 7.47. The van der Waals surface area contributed by atoms with E-state index in [1.807, 2.05) is 21.1 Å². The van der Waals surface area contributed by atoms with E-state index in [1.54, 1.807) is 0 Å². The minimum Gasteiger partial charge on any atom is -0.462 e. The molecule has 0 aliphatic heterocycles. The van der Waals surface area contributed by atoms with Gasteiger partial charge < -0.3 is 18.9 Å². The molecule has 0 saturated carbocycles. The number of allylic oxidation sites excluding steroid dienone is 22. The third-order valence-corrected chi connectivity index (χ3v) is 15.2. The maximum Gasteiger partial charge on any atom is 0.472 e. The van der Waals surface area contributed by atoms with Crippen molar-refractivity contribution >= 4 is 19.8 Å². The number of carbonyl (C=O) groups is 2. The second-order valence-electron chi connectivity index (χ2n) is 23.4. The zero-order valence-electron chi connectivity index (χ0n) is 54.6. The Morgan fingerprint density at radius 1 is 0.369 bits per heavy atom. The van der Waals surface area contributed by atoms with Gasteiger partial charge in [-0.3, -0.25) is 18.6 Å². The lowest BCUT2D eigenvalue weighted by atomic mass is 10.0. The van der Waals surface area contributed by atoms with Crippen LogP contribution in [0.3, 0.4) is 0 Å². The average molecular weight is 1190 g/mol. The summed E-state index contributed by atoms with van der Waals surface area (Å²) < 4.78 is 34.7. The van der Waals surface area contributed by atoms with Crippen LogP contribution in [0.2, 0.25) is 0 Å². The molecule has 9 nitrogen and oxygen atoms in total. The van der Waals surface area contributed by atoms with Crippen molar-refractivity contribution in [2.24, 2.45) is 0 Å². The minimum atomic E-state index is -4.40. The summed E-state index contributed by atoms with van der Waals surface area (Å²) in [6, 6.07) is 0. The molecule has 0 aliphatic carbocycles. The van der Waals surface area contributed by atoms with Crippen molar-refractivity contribution in [1.29, 1.82) is 0 Å². The lowest BCUT2D eigenvalue weighted by molar-refractivity contribution is -0.870. The summed E-state index contributed by atoms with van der Waals surface area (Å²) in [6.07, 6.45) is 92.6. The standard InChI is InChI=1S/C74H126NO8P/c1-6-8-10-12-14-16-18-20-22-24-26-28-30-32-34-36-37-39-40-42-44-46-48-50-52-54-56-58-60-62-64-66-73(76)80-70-72(71-82-84(78,79)81-69-68-75(3,4)5)83-74(77)67-65-63-61-59-57-55-53-51-49-47-45-43-41-38-35-33-31-29-27-25-23-21-19-17-15-13-11-9-7-2/h8-11,14-17,20-23,26-29,33,35,41,43,47,49,72H,6-7,12-13,18-19,24-25,30-32,34,36-40,42,44-46,48,50-71H2,1-5H3/p+1/b10-8-,11-9-,16-14-,17-15-,22-20-,23-21-,28-26-,29-27-,35-33-,43-41-,49-47-. The average Bonchev–Trinajstić information content (AvgIpc) is 3.61. The normalized spacial score (nSPS) is 14.0. The molecule has 0 rings (SSSR count). The van der Waals surface area contributed by atoms with Gasteiger partial charge in [0.25, 0.3) is 0 Å². The Bertz CT molecular complexity index is 1880. The fourth-order valence-corrected chi connectivity index (χ4v) is 9.79. The summed E-state index contributed by atoms with van der Waals surface area (Å²) in [6.45, 7) is 4.20. The van der Waals surface area contributed by atoms with E-state index in [0.717, 1.165) is 116 Å². The van der Waals surface area contributed by atoms with Crippen molar-refractivity contribution in [3.8, 4) is 0 Å². The van der Waals surface area contributed by atoms with E-state index in [-0.39, 0.29) is 32.0 Å². The molecule has 0 aromatic heterocycles. The third-order valence-electron chi connectivity index (χ3n) is 14.2. The smallest absolute Gasteiger partial charge is 0.462 e. The maximum atomic E-state index is 12.9. The predicted molar refractivity (Wildman–Crippen MR) is 362 cm³/mol. The number of esters is 2. The topological polar surface area (TPSA) is 108 Å². The molecule has 0 heterocycles. The van der Waals surface area contributed by atoms with Gasteiger partial charge in [-0.05, 0) is 109 Å². The fraction of sp³-hybridized carbons (Fsp3) is 0.676. The molecule has 0 aliphatic rings. The number of phosphoric ester groups is 1. The van der Waals surface area contributed by atoms with Gasteiger partial charge in [0.15, 0.2) is 6.10 Å². The zero-order valence-corrected chi connectivity index (χ0v) is 55.5. The van der Waals surface area contributed by atoms with Crippen LogP contribution in [0.15, 0.2) is 134 Å². The van der Waals surface area contributed by atoms with E-state index in [9.17, 15) is 19.0 Å². The second kappa shape index (κ2) is 63.6. The van der Waals surface area contributed by atoms with Crippen LogP contribution in [-0.2, 0) is 32.7 Å². The van der Waals surface area contributed by atoms with E-state index >= 15 is 0 Å². The molecule has 10 heteroatoms. The molecule has 0 saturated heterocycles. The molecule has 2 unspecified atom stereocenters. The summed E-state index contributed by atoms with van der Waals surface area (Å²) >= 11 is 0. The number of quaternary nitrogens is 1. The van der Waals surface area contributed by atoms with Gasteiger partial charge in [-0.15, -0.1) is 0 Å². The van der Waals surface area contributed by atoms with E-state index in [4.69, 9.17) is 18.5 Å². The van der Waals surface area contributed by atoms with Crippen molar-refractivity contribution < 1.29 is 42.1 Å². The number of hydrogen-bond donors (Lipinski definition) is 1. The van der Waals surface area contributed by atoms with Crippen molar-refractivity contribution in [3.05, 3.63) is 134 Å². The van der Waals surface area contributed by atoms with Crippen LogP contribution in [-0.4, -0.2) is 74.9 Å². The SMILES string of the molecule is CC/C=C\C/C=C\C/C=C\C/C=C\C/C=C\C/C=C\C/C=C\CCCCCCCCCC(=O)OC(COC(=O)CCCCCCCCCCCCCCCCCCCC/C=C\C/C=C\C/C=C\C/C=C\CC)COP(=O)(O)OCC[N+](C)(C)C. The third kappa shape index (κ3) is 67.3. The molecule has 1 N–H and O–H groups in total. The largest absolute Gasteiger partial charge is 0.472 e. The number of likely N-dealkylation sites (N-methyl/N-ethyl adjacent to an activating group) is 1. The first-order valence-electron chi connectivity index (χ1n) is 33.9. The van der Waals surface area contributed by atoms with Crippen LogP contribution in [0.5, 0.6) is 0 Å². The number of unbranched alkanes of at least 4 members (excludes halogenated alkanes) is 25. The second-order valence-corrected chi connectivity index (χ2v) is 24.9. The van der Waals surface area contributed by atoms with Gasteiger partial charge in [-0.2, -0.15) is 0 Å². The Morgan fingerprint density at radius 3 is 0.952 bits per heavy atom. The molecule has 0 amide bonds. The van der Waals surface area contributed by atoms with E-state index in [0.29, 0.717) is 17.4 Å². The summed E-state index contributed by atoms with van der Waals surface area (Å²) in [5.74, 6) is -0.811. The van der Waals surface area contributed by atoms with E-state index < -0.39 is 26.5 Å². The number of rotatable bonds is 61. The van der Waals surface area contributed by atoms with E-state index in [2.05, 4.69) is 148 Å². The van der Waals surface area contributed by atoms with Gasteiger partial charge >= 0.3 is 19.8 Å². The van der Waals surface area contributed by atoms with Gasteiger partial charge in [0.1, 0.15) is 19.8 Å². The Balaban J connectivity index is 4.11. The number of carbonyl (C=O) groups excluding carboxylic acids is 2. The van der Waals surface area contributed by atoms with Crippen LogP contribution in [0.25, 0.3) is 0 Å². The highest BCUT2D eigenvalue weighted by Crippen LogP contribution is 2.43. The first-order valence-corrected chi connectivity index (χ1v) is 35.4. The van der Waals surface area contributed by atoms with E-state index in [1.165, 1.54) is 122 Å². The van der Waals surface area contributed by atoms with Crippen molar-refractivity contribution in [1.82, 2.24) is 0 Å². The lowest BCUT2D eigenvalue weighted by Crippen LogP contribution is -2.37. The lowest BCUT2D eigenvalue weighted by Gasteiger charge is -2.24. The quantitative estimate of drug-likeness (QED) is 0.0211. The van der Waals surface area contributed by atoms with Gasteiger partial charge in [0.2, 0.25) is 0 Å². The summed E-state index contributed by atoms with van der Waals surface area (Å²) in [7, 11) is 1.46. The molecular formula is C74H127NO8P+. The van der Waals surface area contributed by atoms with Crippen LogP contribution < -0.4 is 0 Å². The van der Waals surface area contributed by atoms with Gasteiger partial charge in [-0.25, -0.2) is 4.57 Å². The first kappa shape index (κ1) is 80.2. The Morgan fingerprint density at radius 2 is 0.643 bits per heavy atom. The monoisotopic (exact) mass is 1190 g/mol.